The minimum atomic E-state index is -0.727. The summed E-state index contributed by atoms with van der Waals surface area (Å²) in [6.07, 6.45) is 1.29. The second kappa shape index (κ2) is 9.76. The molecule has 0 atom stereocenters. The van der Waals surface area contributed by atoms with E-state index < -0.39 is 11.8 Å². The highest BCUT2D eigenvalue weighted by Crippen LogP contribution is 2.21. The number of carbonyl (C=O) groups excluding carboxylic acids is 2. The van der Waals surface area contributed by atoms with Crippen LogP contribution in [-0.4, -0.2) is 11.8 Å². The van der Waals surface area contributed by atoms with Crippen LogP contribution in [0.4, 0.5) is 28.4 Å². The normalized spacial score (nSPS) is 10.6. The first-order valence-electron chi connectivity index (χ1n) is 9.47. The Bertz CT molecular complexity index is 1130. The number of nitrogens with one attached hydrogen (secondary N) is 2. The molecule has 4 N–H and O–H groups in total. The summed E-state index contributed by atoms with van der Waals surface area (Å²) in [5, 5.41) is 15.7. The molecule has 0 radical (unpaired) electrons. The van der Waals surface area contributed by atoms with E-state index in [2.05, 4.69) is 10.6 Å². The fraction of sp³-hybridized carbons (Fsp3) is 0.0417. The number of hydrogen-bond acceptors (Lipinski definition) is 6. The largest absolute Gasteiger partial charge is 0.399 e. The van der Waals surface area contributed by atoms with E-state index in [1.54, 1.807) is 24.3 Å². The SMILES string of the molecule is CC(=O)N(C(=O)/C(C#N)=C\Nc1ccc(Nc2ccccc2)cc1)c1ccc(N)cc1. The van der Waals surface area contributed by atoms with Crippen molar-refractivity contribution in [1.82, 2.24) is 0 Å². The molecule has 0 heterocycles. The number of benzene rings is 3. The Morgan fingerprint density at radius 3 is 2.06 bits per heavy atom. The van der Waals surface area contributed by atoms with Gasteiger partial charge in [0.25, 0.3) is 5.91 Å². The van der Waals surface area contributed by atoms with Crippen LogP contribution in [0, 0.1) is 11.3 Å². The Morgan fingerprint density at radius 1 is 0.903 bits per heavy atom. The van der Waals surface area contributed by atoms with Crippen molar-refractivity contribution in [2.24, 2.45) is 0 Å². The highest BCUT2D eigenvalue weighted by atomic mass is 16.2. The molecule has 3 aromatic rings. The van der Waals surface area contributed by atoms with E-state index in [0.717, 1.165) is 16.3 Å². The van der Waals surface area contributed by atoms with Crippen LogP contribution in [0.5, 0.6) is 0 Å². The Labute approximate surface area is 180 Å². The summed E-state index contributed by atoms with van der Waals surface area (Å²) in [6.45, 7) is 1.26. The highest BCUT2D eigenvalue weighted by Gasteiger charge is 2.23. The summed E-state index contributed by atoms with van der Waals surface area (Å²) in [7, 11) is 0. The molecular formula is C24H21N5O2. The van der Waals surface area contributed by atoms with Gasteiger partial charge in [0, 0.05) is 35.9 Å². The fourth-order valence-corrected chi connectivity index (χ4v) is 2.82. The predicted octanol–water partition coefficient (Wildman–Crippen LogP) is 4.41. The lowest BCUT2D eigenvalue weighted by Gasteiger charge is -2.19. The molecule has 7 heteroatoms. The van der Waals surface area contributed by atoms with E-state index >= 15 is 0 Å². The molecule has 0 spiro atoms. The third kappa shape index (κ3) is 5.49. The van der Waals surface area contributed by atoms with Gasteiger partial charge >= 0.3 is 0 Å². The summed E-state index contributed by atoms with van der Waals surface area (Å²) in [5.41, 5.74) is 8.83. The zero-order chi connectivity index (χ0) is 22.2. The first-order valence-corrected chi connectivity index (χ1v) is 9.47. The van der Waals surface area contributed by atoms with Crippen molar-refractivity contribution < 1.29 is 9.59 Å². The second-order valence-corrected chi connectivity index (χ2v) is 6.63. The lowest BCUT2D eigenvalue weighted by molar-refractivity contribution is -0.123. The van der Waals surface area contributed by atoms with Crippen molar-refractivity contribution in [1.29, 1.82) is 5.26 Å². The van der Waals surface area contributed by atoms with Crippen LogP contribution in [0.1, 0.15) is 6.92 Å². The van der Waals surface area contributed by atoms with E-state index in [1.807, 2.05) is 60.7 Å². The third-order valence-corrected chi connectivity index (χ3v) is 4.35. The van der Waals surface area contributed by atoms with Crippen molar-refractivity contribution in [2.75, 3.05) is 21.3 Å². The average Bonchev–Trinajstić information content (AvgIpc) is 2.77. The summed E-state index contributed by atoms with van der Waals surface area (Å²) < 4.78 is 0. The first kappa shape index (κ1) is 21.1. The minimum Gasteiger partial charge on any atom is -0.399 e. The highest BCUT2D eigenvalue weighted by molar-refractivity contribution is 6.21. The topological polar surface area (TPSA) is 111 Å². The maximum Gasteiger partial charge on any atom is 0.277 e. The molecule has 0 aliphatic heterocycles. The van der Waals surface area contributed by atoms with Crippen LogP contribution in [0.15, 0.2) is 90.6 Å². The van der Waals surface area contributed by atoms with E-state index in [0.29, 0.717) is 17.1 Å². The molecule has 0 aliphatic carbocycles. The molecule has 0 aromatic heterocycles. The third-order valence-electron chi connectivity index (χ3n) is 4.35. The van der Waals surface area contributed by atoms with Gasteiger partial charge in [0.2, 0.25) is 5.91 Å². The molecule has 7 nitrogen and oxygen atoms in total. The van der Waals surface area contributed by atoms with Crippen LogP contribution in [0.3, 0.4) is 0 Å². The second-order valence-electron chi connectivity index (χ2n) is 6.63. The number of carbonyl (C=O) groups is 2. The number of imide groups is 1. The standard InChI is InChI=1S/C24H21N5O2/c1-17(30)29(23-13-7-19(26)8-14-23)24(31)18(15-25)16-27-20-9-11-22(12-10-20)28-21-5-3-2-4-6-21/h2-14,16,27-28H,26H2,1H3/b18-16-. The number of para-hydroxylation sites is 1. The molecule has 3 rings (SSSR count). The first-order chi connectivity index (χ1) is 15.0. The van der Waals surface area contributed by atoms with Gasteiger partial charge in [-0.25, -0.2) is 4.90 Å². The summed E-state index contributed by atoms with van der Waals surface area (Å²) in [6, 6.07) is 25.2. The van der Waals surface area contributed by atoms with Crippen LogP contribution in [-0.2, 0) is 9.59 Å². The Hall–Kier alpha value is -4.57. The van der Waals surface area contributed by atoms with Crippen molar-refractivity contribution in [2.45, 2.75) is 6.92 Å². The maximum absolute atomic E-state index is 12.8. The van der Waals surface area contributed by atoms with Gasteiger partial charge in [-0.1, -0.05) is 18.2 Å². The molecule has 0 bridgehead atoms. The van der Waals surface area contributed by atoms with Gasteiger partial charge in [-0.15, -0.1) is 0 Å². The van der Waals surface area contributed by atoms with Crippen LogP contribution in [0.2, 0.25) is 0 Å². The van der Waals surface area contributed by atoms with Crippen molar-refractivity contribution in [3.05, 3.63) is 90.6 Å². The van der Waals surface area contributed by atoms with E-state index in [9.17, 15) is 14.9 Å². The van der Waals surface area contributed by atoms with E-state index in [4.69, 9.17) is 5.73 Å². The number of anilines is 5. The van der Waals surface area contributed by atoms with Gasteiger partial charge in [0.05, 0.1) is 5.69 Å². The van der Waals surface area contributed by atoms with Gasteiger partial charge in [-0.2, -0.15) is 5.26 Å². The number of nitrogens with zero attached hydrogens (tertiary/aromatic N) is 2. The molecule has 0 saturated heterocycles. The predicted molar refractivity (Wildman–Crippen MR) is 123 cm³/mol. The van der Waals surface area contributed by atoms with Gasteiger partial charge < -0.3 is 16.4 Å². The Balaban J connectivity index is 1.73. The number of amides is 2. The lowest BCUT2D eigenvalue weighted by atomic mass is 10.2. The summed E-state index contributed by atoms with van der Waals surface area (Å²) >= 11 is 0. The molecule has 154 valence electrons. The minimum absolute atomic E-state index is 0.210. The molecule has 31 heavy (non-hydrogen) atoms. The monoisotopic (exact) mass is 411 g/mol. The Kier molecular flexibility index (Phi) is 6.66. The fourth-order valence-electron chi connectivity index (χ4n) is 2.82. The molecule has 0 fully saturated rings. The zero-order valence-electron chi connectivity index (χ0n) is 16.9. The number of nitrogens with two attached hydrogens (primary N) is 1. The van der Waals surface area contributed by atoms with Gasteiger partial charge in [-0.05, 0) is 60.7 Å². The number of rotatable bonds is 6. The molecule has 0 unspecified atom stereocenters. The molecule has 2 amide bonds. The number of nitriles is 1. The number of hydrogen-bond donors (Lipinski definition) is 3. The van der Waals surface area contributed by atoms with Crippen LogP contribution >= 0.6 is 0 Å². The van der Waals surface area contributed by atoms with Gasteiger partial charge in [-0.3, -0.25) is 9.59 Å². The molecule has 0 saturated carbocycles. The summed E-state index contributed by atoms with van der Waals surface area (Å²) in [5.74, 6) is -1.23. The lowest BCUT2D eigenvalue weighted by Crippen LogP contribution is -2.36. The van der Waals surface area contributed by atoms with Crippen LogP contribution < -0.4 is 21.3 Å². The van der Waals surface area contributed by atoms with Crippen molar-refractivity contribution in [3.63, 3.8) is 0 Å². The molecule has 0 aliphatic rings. The summed E-state index contributed by atoms with van der Waals surface area (Å²) in [4.78, 5) is 25.8. The quantitative estimate of drug-likeness (QED) is 0.315. The van der Waals surface area contributed by atoms with Crippen LogP contribution in [0.25, 0.3) is 0 Å². The van der Waals surface area contributed by atoms with E-state index in [-0.39, 0.29) is 5.57 Å². The maximum atomic E-state index is 12.8. The van der Waals surface area contributed by atoms with Crippen molar-refractivity contribution >= 4 is 40.3 Å². The Morgan fingerprint density at radius 2 is 1.48 bits per heavy atom. The molecular weight excluding hydrogens is 390 g/mol. The molecule has 3 aromatic carbocycles. The average molecular weight is 411 g/mol. The number of nitrogen functional groups attached to an aromatic ring is 1. The smallest absolute Gasteiger partial charge is 0.277 e. The van der Waals surface area contributed by atoms with Gasteiger partial charge in [0.15, 0.2) is 0 Å². The zero-order valence-corrected chi connectivity index (χ0v) is 16.9. The van der Waals surface area contributed by atoms with Crippen molar-refractivity contribution in [3.8, 4) is 6.07 Å². The van der Waals surface area contributed by atoms with E-state index in [1.165, 1.54) is 13.1 Å². The van der Waals surface area contributed by atoms with Gasteiger partial charge in [0.1, 0.15) is 11.6 Å².